The minimum atomic E-state index is -1.12. The highest BCUT2D eigenvalue weighted by molar-refractivity contribution is 5.21. The van der Waals surface area contributed by atoms with Gasteiger partial charge in [0.1, 0.15) is 11.5 Å². The number of nitrogens with one attached hydrogen (secondary N) is 1. The topological polar surface area (TPSA) is 12.0 Å². The van der Waals surface area contributed by atoms with Crippen LogP contribution in [0.2, 0.25) is 0 Å². The molecular weight excluding hydrogens is 196 g/mol. The fourth-order valence-electron chi connectivity index (χ4n) is 1.98. The molecule has 0 aliphatic carbocycles. The molecule has 1 fully saturated rings. The zero-order chi connectivity index (χ0) is 10.9. The number of rotatable bonds is 1. The fourth-order valence-corrected chi connectivity index (χ4v) is 1.98. The zero-order valence-electron chi connectivity index (χ0n) is 8.76. The van der Waals surface area contributed by atoms with Gasteiger partial charge in [0.05, 0.1) is 0 Å². The predicted octanol–water partition coefficient (Wildman–Crippen LogP) is 2.98. The number of hydrogen-bond acceptors (Lipinski definition) is 1. The molecule has 0 saturated carbocycles. The Kier molecular flexibility index (Phi) is 2.74. The molecule has 1 aromatic carbocycles. The average Bonchev–Trinajstić information content (AvgIpc) is 2.17. The van der Waals surface area contributed by atoms with Gasteiger partial charge in [0.25, 0.3) is 0 Å². The number of halogens is 2. The summed E-state index contributed by atoms with van der Waals surface area (Å²) in [6, 6.07) is 6.59. The van der Waals surface area contributed by atoms with Crippen LogP contribution in [-0.2, 0) is 0 Å². The summed E-state index contributed by atoms with van der Waals surface area (Å²) in [5.41, 5.74) is -0.213. The van der Waals surface area contributed by atoms with Crippen LogP contribution in [0.1, 0.15) is 31.4 Å². The van der Waals surface area contributed by atoms with Crippen molar-refractivity contribution in [2.75, 3.05) is 6.54 Å². The lowest BCUT2D eigenvalue weighted by atomic mass is 9.90. The molecule has 1 saturated heterocycles. The second-order valence-corrected chi connectivity index (χ2v) is 4.44. The summed E-state index contributed by atoms with van der Waals surface area (Å²) in [6.45, 7) is 1.94. The minimum absolute atomic E-state index is 0.0875. The van der Waals surface area contributed by atoms with E-state index in [1.165, 1.54) is 12.1 Å². The molecule has 0 amide bonds. The lowest BCUT2D eigenvalue weighted by Crippen LogP contribution is -2.41. The first kappa shape index (κ1) is 10.6. The van der Waals surface area contributed by atoms with E-state index in [4.69, 9.17) is 0 Å². The lowest BCUT2D eigenvalue weighted by molar-refractivity contribution is 0.125. The molecule has 2 unspecified atom stereocenters. The smallest absolute Gasteiger partial charge is 0.123 e. The van der Waals surface area contributed by atoms with Gasteiger partial charge in [-0.3, -0.25) is 0 Å². The first-order valence-corrected chi connectivity index (χ1v) is 5.25. The van der Waals surface area contributed by atoms with Crippen molar-refractivity contribution in [2.45, 2.75) is 31.5 Å². The molecule has 0 radical (unpaired) electrons. The maximum absolute atomic E-state index is 13.5. The van der Waals surface area contributed by atoms with Crippen molar-refractivity contribution in [3.63, 3.8) is 0 Å². The Labute approximate surface area is 88.5 Å². The fraction of sp³-hybridized carbons (Fsp3) is 0.500. The molecule has 1 aromatic rings. The largest absolute Gasteiger partial charge is 0.307 e. The first-order valence-electron chi connectivity index (χ1n) is 5.25. The van der Waals surface area contributed by atoms with Crippen LogP contribution in [0, 0.1) is 5.82 Å². The highest BCUT2D eigenvalue weighted by Gasteiger charge is 2.30. The van der Waals surface area contributed by atoms with E-state index < -0.39 is 5.67 Å². The quantitative estimate of drug-likeness (QED) is 0.753. The van der Waals surface area contributed by atoms with Gasteiger partial charge in [0.15, 0.2) is 0 Å². The summed E-state index contributed by atoms with van der Waals surface area (Å²) >= 11 is 0. The first-order chi connectivity index (χ1) is 7.07. The molecule has 15 heavy (non-hydrogen) atoms. The van der Waals surface area contributed by atoms with E-state index >= 15 is 0 Å². The van der Waals surface area contributed by atoms with Gasteiger partial charge >= 0.3 is 0 Å². The van der Waals surface area contributed by atoms with E-state index in [1.807, 2.05) is 6.07 Å². The van der Waals surface area contributed by atoms with Crippen molar-refractivity contribution >= 4 is 0 Å². The van der Waals surface area contributed by atoms with Gasteiger partial charge < -0.3 is 5.32 Å². The molecule has 1 nitrogen and oxygen atoms in total. The van der Waals surface area contributed by atoms with E-state index in [2.05, 4.69) is 5.32 Å². The second kappa shape index (κ2) is 3.89. The monoisotopic (exact) mass is 211 g/mol. The van der Waals surface area contributed by atoms with Crippen molar-refractivity contribution in [3.05, 3.63) is 35.6 Å². The summed E-state index contributed by atoms with van der Waals surface area (Å²) in [4.78, 5) is 0. The predicted molar refractivity (Wildman–Crippen MR) is 55.9 cm³/mol. The van der Waals surface area contributed by atoms with Gasteiger partial charge in [0, 0.05) is 12.6 Å². The van der Waals surface area contributed by atoms with Crippen LogP contribution >= 0.6 is 0 Å². The molecule has 0 bridgehead atoms. The van der Waals surface area contributed by atoms with Crippen LogP contribution < -0.4 is 5.32 Å². The van der Waals surface area contributed by atoms with Crippen molar-refractivity contribution in [1.82, 2.24) is 5.32 Å². The molecule has 1 heterocycles. The zero-order valence-corrected chi connectivity index (χ0v) is 8.76. The number of benzene rings is 1. The van der Waals surface area contributed by atoms with Gasteiger partial charge in [-0.15, -0.1) is 0 Å². The third-order valence-corrected chi connectivity index (χ3v) is 2.92. The van der Waals surface area contributed by atoms with Crippen LogP contribution in [0.5, 0.6) is 0 Å². The van der Waals surface area contributed by atoms with Gasteiger partial charge in [-0.2, -0.15) is 0 Å². The summed E-state index contributed by atoms with van der Waals surface area (Å²) in [5.74, 6) is -0.233. The van der Waals surface area contributed by atoms with E-state index in [9.17, 15) is 8.78 Å². The maximum atomic E-state index is 13.5. The third-order valence-electron chi connectivity index (χ3n) is 2.92. The molecule has 0 aromatic heterocycles. The van der Waals surface area contributed by atoms with Crippen molar-refractivity contribution < 1.29 is 8.78 Å². The Morgan fingerprint density at radius 1 is 1.47 bits per heavy atom. The number of hydrogen-bond donors (Lipinski definition) is 1. The highest BCUT2D eigenvalue weighted by atomic mass is 19.1. The Morgan fingerprint density at radius 2 is 2.27 bits per heavy atom. The Morgan fingerprint density at radius 3 is 2.87 bits per heavy atom. The van der Waals surface area contributed by atoms with Crippen LogP contribution in [0.3, 0.4) is 0 Å². The van der Waals surface area contributed by atoms with Crippen LogP contribution in [-0.4, -0.2) is 12.2 Å². The van der Waals surface area contributed by atoms with E-state index in [-0.39, 0.29) is 11.9 Å². The Hall–Kier alpha value is -0.960. The number of alkyl halides is 1. The molecule has 2 atom stereocenters. The summed E-state index contributed by atoms with van der Waals surface area (Å²) < 4.78 is 26.5. The summed E-state index contributed by atoms with van der Waals surface area (Å²) in [6.07, 6.45) is 1.25. The number of piperidine rings is 1. The molecule has 1 aliphatic rings. The molecule has 2 rings (SSSR count). The van der Waals surface area contributed by atoms with Crippen molar-refractivity contribution in [2.24, 2.45) is 0 Å². The summed E-state index contributed by atoms with van der Waals surface area (Å²) in [5, 5.41) is 3.11. The molecule has 3 heteroatoms. The van der Waals surface area contributed by atoms with Gasteiger partial charge in [0.2, 0.25) is 0 Å². The lowest BCUT2D eigenvalue weighted by Gasteiger charge is -2.32. The van der Waals surface area contributed by atoms with Crippen LogP contribution in [0.4, 0.5) is 8.78 Å². The Balaban J connectivity index is 2.08. The SMILES string of the molecule is CC1(F)CCC(c2cccc(F)c2)NC1. The average molecular weight is 211 g/mol. The maximum Gasteiger partial charge on any atom is 0.123 e. The standard InChI is InChI=1S/C12H15F2N/c1-12(14)6-5-11(15-8-12)9-3-2-4-10(13)7-9/h2-4,7,11,15H,5-6,8H2,1H3. The molecule has 0 spiro atoms. The molecule has 1 N–H and O–H groups in total. The normalized spacial score (nSPS) is 31.5. The van der Waals surface area contributed by atoms with Gasteiger partial charge in [-0.25, -0.2) is 8.78 Å². The van der Waals surface area contributed by atoms with Crippen molar-refractivity contribution in [3.8, 4) is 0 Å². The third kappa shape index (κ3) is 2.53. The van der Waals surface area contributed by atoms with E-state index in [0.29, 0.717) is 13.0 Å². The minimum Gasteiger partial charge on any atom is -0.307 e. The molecular formula is C12H15F2N. The van der Waals surface area contributed by atoms with E-state index in [1.54, 1.807) is 13.0 Å². The molecule has 82 valence electrons. The van der Waals surface area contributed by atoms with Gasteiger partial charge in [-0.05, 0) is 37.5 Å². The Bertz CT molecular complexity index is 339. The highest BCUT2D eigenvalue weighted by Crippen LogP contribution is 2.30. The van der Waals surface area contributed by atoms with Gasteiger partial charge in [-0.1, -0.05) is 12.1 Å². The molecule has 1 aliphatic heterocycles. The van der Waals surface area contributed by atoms with Crippen LogP contribution in [0.25, 0.3) is 0 Å². The van der Waals surface area contributed by atoms with E-state index in [0.717, 1.165) is 12.0 Å². The van der Waals surface area contributed by atoms with Crippen molar-refractivity contribution in [1.29, 1.82) is 0 Å². The second-order valence-electron chi connectivity index (χ2n) is 4.44. The van der Waals surface area contributed by atoms with Crippen LogP contribution in [0.15, 0.2) is 24.3 Å². The summed E-state index contributed by atoms with van der Waals surface area (Å²) in [7, 11) is 0.